The number of nitrogens with two attached hydrogens (primary N) is 1. The Balaban J connectivity index is 0.00000261. The molecule has 0 spiro atoms. The van der Waals surface area contributed by atoms with Crippen molar-refractivity contribution in [3.8, 4) is 0 Å². The van der Waals surface area contributed by atoms with Crippen molar-refractivity contribution in [2.45, 2.75) is 25.7 Å². The number of nitrogens with zero attached hydrogens (tertiary/aromatic N) is 1. The van der Waals surface area contributed by atoms with E-state index >= 15 is 0 Å². The van der Waals surface area contributed by atoms with E-state index in [2.05, 4.69) is 0 Å². The van der Waals surface area contributed by atoms with Gasteiger partial charge in [-0.05, 0) is 43.9 Å². The number of rotatable bonds is 4. The van der Waals surface area contributed by atoms with Gasteiger partial charge in [-0.15, -0.1) is 12.4 Å². The third-order valence-electron chi connectivity index (χ3n) is 5.64. The average Bonchev–Trinajstić information content (AvgIpc) is 2.69. The summed E-state index contributed by atoms with van der Waals surface area (Å²) in [5.74, 6) is -2.12. The number of benzene rings is 1. The van der Waals surface area contributed by atoms with Gasteiger partial charge in [-0.3, -0.25) is 9.59 Å². The van der Waals surface area contributed by atoms with Gasteiger partial charge in [0.2, 0.25) is 5.91 Å². The average molecular weight is 403 g/mol. The molecule has 5 nitrogen and oxygen atoms in total. The molecule has 0 unspecified atom stereocenters. The fourth-order valence-electron chi connectivity index (χ4n) is 3.85. The second-order valence-electron chi connectivity index (χ2n) is 7.15. The third kappa shape index (κ3) is 4.47. The molecule has 0 aliphatic carbocycles. The topological polar surface area (TPSA) is 72.6 Å². The van der Waals surface area contributed by atoms with E-state index in [1.807, 2.05) is 0 Å². The maximum Gasteiger partial charge on any atom is 0.230 e. The minimum Gasteiger partial charge on any atom is -0.381 e. The highest BCUT2D eigenvalue weighted by Crippen LogP contribution is 2.33. The predicted molar refractivity (Wildman–Crippen MR) is 98.8 cm³/mol. The van der Waals surface area contributed by atoms with Gasteiger partial charge in [0.1, 0.15) is 11.6 Å². The monoisotopic (exact) mass is 402 g/mol. The molecule has 0 bridgehead atoms. The molecule has 150 valence electrons. The number of hydrogen-bond donors (Lipinski definition) is 1. The molecule has 2 N–H and O–H groups in total. The Kier molecular flexibility index (Phi) is 7.31. The molecule has 27 heavy (non-hydrogen) atoms. The van der Waals surface area contributed by atoms with Crippen molar-refractivity contribution in [3.05, 3.63) is 35.4 Å². The summed E-state index contributed by atoms with van der Waals surface area (Å²) < 4.78 is 32.5. The molecule has 2 fully saturated rings. The van der Waals surface area contributed by atoms with Crippen LogP contribution in [-0.4, -0.2) is 49.4 Å². The Hall–Kier alpha value is -1.57. The smallest absolute Gasteiger partial charge is 0.230 e. The molecule has 2 heterocycles. The van der Waals surface area contributed by atoms with E-state index < -0.39 is 28.8 Å². The number of Topliss-reactive ketones (excluding diaryl/α,β-unsaturated/α-hetero) is 1. The van der Waals surface area contributed by atoms with Gasteiger partial charge < -0.3 is 15.4 Å². The van der Waals surface area contributed by atoms with Gasteiger partial charge in [-0.1, -0.05) is 0 Å². The maximum absolute atomic E-state index is 13.8. The predicted octanol–water partition coefficient (Wildman–Crippen LogP) is 2.56. The van der Waals surface area contributed by atoms with Crippen LogP contribution < -0.4 is 5.73 Å². The van der Waals surface area contributed by atoms with Crippen LogP contribution in [0.1, 0.15) is 36.0 Å². The molecule has 2 aliphatic heterocycles. The van der Waals surface area contributed by atoms with Crippen LogP contribution in [0.2, 0.25) is 0 Å². The van der Waals surface area contributed by atoms with Gasteiger partial charge in [-0.25, -0.2) is 8.78 Å². The van der Waals surface area contributed by atoms with Crippen LogP contribution in [0.4, 0.5) is 8.78 Å². The molecular weight excluding hydrogens is 378 g/mol. The standard InChI is InChI=1S/C19H24F2N2O3.ClH/c20-14-1-2-16(21)15(11-14)17(24)13-3-7-23(8-4-13)18(25)19(12-22)5-9-26-10-6-19;/h1-2,11,13H,3-10,12,22H2;1H. The molecule has 2 saturated heterocycles. The van der Waals surface area contributed by atoms with Gasteiger partial charge in [0.15, 0.2) is 5.78 Å². The van der Waals surface area contributed by atoms with Crippen LogP contribution in [0, 0.1) is 23.0 Å². The van der Waals surface area contributed by atoms with E-state index in [4.69, 9.17) is 10.5 Å². The molecule has 0 radical (unpaired) electrons. The summed E-state index contributed by atoms with van der Waals surface area (Å²) in [6.45, 7) is 2.18. The second-order valence-corrected chi connectivity index (χ2v) is 7.15. The van der Waals surface area contributed by atoms with Crippen LogP contribution in [0.3, 0.4) is 0 Å². The number of hydrogen-bond acceptors (Lipinski definition) is 4. The molecule has 3 rings (SSSR count). The Morgan fingerprint density at radius 2 is 1.81 bits per heavy atom. The molecule has 1 amide bonds. The number of ether oxygens (including phenoxy) is 1. The lowest BCUT2D eigenvalue weighted by atomic mass is 9.78. The van der Waals surface area contributed by atoms with E-state index in [0.29, 0.717) is 52.0 Å². The lowest BCUT2D eigenvalue weighted by Crippen LogP contribution is -2.53. The lowest BCUT2D eigenvalue weighted by molar-refractivity contribution is -0.148. The van der Waals surface area contributed by atoms with Gasteiger partial charge in [0, 0.05) is 38.8 Å². The van der Waals surface area contributed by atoms with Crippen molar-refractivity contribution < 1.29 is 23.1 Å². The molecule has 1 aromatic carbocycles. The van der Waals surface area contributed by atoms with E-state index in [-0.39, 0.29) is 30.4 Å². The largest absolute Gasteiger partial charge is 0.381 e. The summed E-state index contributed by atoms with van der Waals surface area (Å²) in [5.41, 5.74) is 5.10. The first kappa shape index (κ1) is 21.7. The number of piperidine rings is 1. The van der Waals surface area contributed by atoms with Gasteiger partial charge >= 0.3 is 0 Å². The van der Waals surface area contributed by atoms with Crippen LogP contribution in [0.15, 0.2) is 18.2 Å². The zero-order valence-electron chi connectivity index (χ0n) is 15.1. The first-order chi connectivity index (χ1) is 12.5. The molecule has 1 aromatic rings. The summed E-state index contributed by atoms with van der Waals surface area (Å²) in [4.78, 5) is 27.2. The number of carbonyl (C=O) groups excluding carboxylic acids is 2. The molecule has 8 heteroatoms. The van der Waals surface area contributed by atoms with Crippen LogP contribution >= 0.6 is 12.4 Å². The van der Waals surface area contributed by atoms with Crippen LogP contribution in [0.25, 0.3) is 0 Å². The van der Waals surface area contributed by atoms with E-state index in [0.717, 1.165) is 18.2 Å². The van der Waals surface area contributed by atoms with Crippen molar-refractivity contribution in [2.75, 3.05) is 32.8 Å². The number of ketones is 1. The van der Waals surface area contributed by atoms with Crippen molar-refractivity contribution in [1.82, 2.24) is 4.90 Å². The van der Waals surface area contributed by atoms with Gasteiger partial charge in [0.25, 0.3) is 0 Å². The van der Waals surface area contributed by atoms with E-state index in [1.165, 1.54) is 0 Å². The fraction of sp³-hybridized carbons (Fsp3) is 0.579. The Labute approximate surface area is 163 Å². The first-order valence-corrected chi connectivity index (χ1v) is 9.03. The normalized spacial score (nSPS) is 20.0. The van der Waals surface area contributed by atoms with Crippen molar-refractivity contribution in [1.29, 1.82) is 0 Å². The van der Waals surface area contributed by atoms with Gasteiger partial charge in [-0.2, -0.15) is 0 Å². The van der Waals surface area contributed by atoms with Crippen LogP contribution in [0.5, 0.6) is 0 Å². The number of carbonyl (C=O) groups is 2. The van der Waals surface area contributed by atoms with Crippen molar-refractivity contribution in [2.24, 2.45) is 17.1 Å². The third-order valence-corrected chi connectivity index (χ3v) is 5.64. The fourth-order valence-corrected chi connectivity index (χ4v) is 3.85. The summed E-state index contributed by atoms with van der Waals surface area (Å²) >= 11 is 0. The SMILES string of the molecule is Cl.NCC1(C(=O)N2CCC(C(=O)c3cc(F)ccc3F)CC2)CCOCC1. The van der Waals surface area contributed by atoms with Crippen LogP contribution in [-0.2, 0) is 9.53 Å². The summed E-state index contributed by atoms with van der Waals surface area (Å²) in [5, 5.41) is 0. The molecule has 2 aliphatic rings. The Morgan fingerprint density at radius 1 is 1.19 bits per heavy atom. The van der Waals surface area contributed by atoms with E-state index in [9.17, 15) is 18.4 Å². The maximum atomic E-state index is 13.8. The summed E-state index contributed by atoms with van der Waals surface area (Å²) in [6, 6.07) is 2.91. The van der Waals surface area contributed by atoms with Crippen molar-refractivity contribution in [3.63, 3.8) is 0 Å². The number of halogens is 3. The quantitative estimate of drug-likeness (QED) is 0.785. The zero-order chi connectivity index (χ0) is 18.7. The second kappa shape index (κ2) is 9.08. The summed E-state index contributed by atoms with van der Waals surface area (Å²) in [7, 11) is 0. The van der Waals surface area contributed by atoms with Gasteiger partial charge in [0.05, 0.1) is 11.0 Å². The minimum absolute atomic E-state index is 0. The molecule has 0 atom stereocenters. The highest BCUT2D eigenvalue weighted by molar-refractivity contribution is 5.98. The lowest BCUT2D eigenvalue weighted by Gasteiger charge is -2.41. The zero-order valence-corrected chi connectivity index (χ0v) is 15.9. The highest BCUT2D eigenvalue weighted by Gasteiger charge is 2.42. The minimum atomic E-state index is -0.709. The first-order valence-electron chi connectivity index (χ1n) is 9.03. The van der Waals surface area contributed by atoms with Crippen molar-refractivity contribution >= 4 is 24.1 Å². The Bertz CT molecular complexity index is 688. The highest BCUT2D eigenvalue weighted by atomic mass is 35.5. The Morgan fingerprint density at radius 3 is 2.41 bits per heavy atom. The number of likely N-dealkylation sites (tertiary alicyclic amines) is 1. The number of amides is 1. The molecule has 0 aromatic heterocycles. The molecular formula is C19H25ClF2N2O3. The summed E-state index contributed by atoms with van der Waals surface area (Å²) in [6.07, 6.45) is 2.10. The van der Waals surface area contributed by atoms with E-state index in [1.54, 1.807) is 4.90 Å². The molecule has 0 saturated carbocycles.